The van der Waals surface area contributed by atoms with E-state index >= 15 is 0 Å². The lowest BCUT2D eigenvalue weighted by Gasteiger charge is -2.16. The van der Waals surface area contributed by atoms with Crippen LogP contribution in [0.1, 0.15) is 32.2 Å². The summed E-state index contributed by atoms with van der Waals surface area (Å²) < 4.78 is 0. The van der Waals surface area contributed by atoms with Gasteiger partial charge in [-0.15, -0.1) is 0 Å². The number of nitrogens with one attached hydrogen (secondary N) is 1. The van der Waals surface area contributed by atoms with Gasteiger partial charge in [-0.1, -0.05) is 6.07 Å². The van der Waals surface area contributed by atoms with Gasteiger partial charge in [0.1, 0.15) is 0 Å². The van der Waals surface area contributed by atoms with Gasteiger partial charge in [-0.2, -0.15) is 0 Å². The molecule has 0 unspecified atom stereocenters. The normalized spacial score (nSPS) is 24.0. The summed E-state index contributed by atoms with van der Waals surface area (Å²) in [5, 5.41) is 18.9. The van der Waals surface area contributed by atoms with Crippen LogP contribution in [0, 0.1) is 5.92 Å². The van der Waals surface area contributed by atoms with E-state index in [0.29, 0.717) is 23.9 Å². The summed E-state index contributed by atoms with van der Waals surface area (Å²) in [5.74, 6) is -0.442. The van der Waals surface area contributed by atoms with Crippen molar-refractivity contribution in [1.29, 1.82) is 0 Å². The summed E-state index contributed by atoms with van der Waals surface area (Å²) in [6.45, 7) is 2.54. The van der Waals surface area contributed by atoms with Crippen LogP contribution in [-0.2, 0) is 0 Å². The minimum absolute atomic E-state index is 0.157. The molecule has 21 heavy (non-hydrogen) atoms. The minimum atomic E-state index is -1.00. The van der Waals surface area contributed by atoms with E-state index in [1.807, 2.05) is 0 Å². The minimum Gasteiger partial charge on any atom is -0.478 e. The summed E-state index contributed by atoms with van der Waals surface area (Å²) in [5.41, 5.74) is 1.66. The van der Waals surface area contributed by atoms with Gasteiger partial charge >= 0.3 is 5.97 Å². The van der Waals surface area contributed by atoms with E-state index in [9.17, 15) is 9.59 Å². The van der Waals surface area contributed by atoms with Crippen molar-refractivity contribution in [3.63, 3.8) is 0 Å². The first-order valence-electron chi connectivity index (χ1n) is 6.85. The maximum atomic E-state index is 12.1. The molecule has 0 aromatic heterocycles. The van der Waals surface area contributed by atoms with Gasteiger partial charge in [0, 0.05) is 38.2 Å². The smallest absolute Gasteiger partial charge is 0.335 e. The van der Waals surface area contributed by atoms with Crippen LogP contribution >= 0.6 is 0 Å². The van der Waals surface area contributed by atoms with Crippen molar-refractivity contribution in [2.75, 3.05) is 33.8 Å². The molecule has 2 heterocycles. The fraction of sp³-hybridized carbons (Fsp3) is 0.467. The van der Waals surface area contributed by atoms with Crippen LogP contribution in [-0.4, -0.2) is 60.8 Å². The Bertz CT molecular complexity index is 559. The summed E-state index contributed by atoms with van der Waals surface area (Å²) in [7, 11) is 3.07. The lowest BCUT2D eigenvalue weighted by Crippen LogP contribution is -2.29. The molecule has 114 valence electrons. The molecule has 2 aliphatic rings. The molecule has 2 aliphatic heterocycles. The largest absolute Gasteiger partial charge is 0.478 e. The highest BCUT2D eigenvalue weighted by molar-refractivity contribution is 5.99. The van der Waals surface area contributed by atoms with Crippen molar-refractivity contribution in [1.82, 2.24) is 10.2 Å². The maximum Gasteiger partial charge on any atom is 0.335 e. The molecule has 6 nitrogen and oxygen atoms in total. The highest BCUT2D eigenvalue weighted by Gasteiger charge is 2.36. The summed E-state index contributed by atoms with van der Waals surface area (Å²) in [6, 6.07) is 4.89. The number of carbonyl (C=O) groups excluding carboxylic acids is 1. The maximum absolute atomic E-state index is 12.1. The number of carbonyl (C=O) groups is 2. The van der Waals surface area contributed by atoms with Gasteiger partial charge in [-0.3, -0.25) is 4.79 Å². The van der Waals surface area contributed by atoms with Gasteiger partial charge in [0.25, 0.3) is 5.91 Å². The van der Waals surface area contributed by atoms with Crippen LogP contribution in [0.4, 0.5) is 0 Å². The second kappa shape index (κ2) is 6.24. The first-order valence-corrected chi connectivity index (χ1v) is 6.85. The van der Waals surface area contributed by atoms with E-state index in [0.717, 1.165) is 25.8 Å². The molecular formula is C15H20N2O4. The molecule has 3 rings (SSSR count). The topological polar surface area (TPSA) is 89.9 Å². The summed E-state index contributed by atoms with van der Waals surface area (Å²) in [6.07, 6.45) is 0. The van der Waals surface area contributed by atoms with Crippen molar-refractivity contribution < 1.29 is 19.8 Å². The molecule has 2 atom stereocenters. The number of aliphatic hydroxyl groups excluding tert-OH is 1. The zero-order valence-corrected chi connectivity index (χ0v) is 12.2. The Hall–Kier alpha value is -1.92. The van der Waals surface area contributed by atoms with E-state index in [1.165, 1.54) is 6.07 Å². The first-order chi connectivity index (χ1) is 10.1. The van der Waals surface area contributed by atoms with E-state index in [2.05, 4.69) is 17.3 Å². The van der Waals surface area contributed by atoms with Gasteiger partial charge in [0.2, 0.25) is 0 Å². The molecule has 0 bridgehead atoms. The molecule has 1 fully saturated rings. The number of hydrogen-bond donors (Lipinski definition) is 3. The van der Waals surface area contributed by atoms with Gasteiger partial charge in [-0.05, 0) is 30.7 Å². The molecule has 0 spiro atoms. The highest BCUT2D eigenvalue weighted by atomic mass is 16.4. The van der Waals surface area contributed by atoms with Crippen LogP contribution in [0.3, 0.4) is 0 Å². The molecule has 3 N–H and O–H groups in total. The molecule has 0 radical (unpaired) electrons. The third-order valence-corrected chi connectivity index (χ3v) is 4.09. The Balaban J connectivity index is 0.000000774. The lowest BCUT2D eigenvalue weighted by atomic mass is 9.86. The number of likely N-dealkylation sites (tertiary alicyclic amines) is 1. The predicted molar refractivity (Wildman–Crippen MR) is 77.6 cm³/mol. The number of benzene rings is 1. The highest BCUT2D eigenvalue weighted by Crippen LogP contribution is 2.35. The van der Waals surface area contributed by atoms with Crippen LogP contribution in [0.25, 0.3) is 0 Å². The molecule has 0 saturated carbocycles. The van der Waals surface area contributed by atoms with Gasteiger partial charge in [0.15, 0.2) is 0 Å². The quantitative estimate of drug-likeness (QED) is 0.696. The number of carboxylic acid groups (broad SMARTS) is 1. The van der Waals surface area contributed by atoms with Gasteiger partial charge < -0.3 is 20.4 Å². The molecule has 0 aliphatic carbocycles. The number of amides is 1. The fourth-order valence-electron chi connectivity index (χ4n) is 3.17. The number of rotatable bonds is 1. The Labute approximate surface area is 123 Å². The molecule has 1 saturated heterocycles. The van der Waals surface area contributed by atoms with Crippen LogP contribution < -0.4 is 5.32 Å². The first kappa shape index (κ1) is 15.5. The van der Waals surface area contributed by atoms with Crippen LogP contribution in [0.15, 0.2) is 18.2 Å². The molecule has 1 aromatic rings. The Morgan fingerprint density at radius 1 is 1.33 bits per heavy atom. The summed E-state index contributed by atoms with van der Waals surface area (Å²) in [4.78, 5) is 25.3. The number of aliphatic hydroxyl groups is 1. The van der Waals surface area contributed by atoms with Crippen LogP contribution in [0.5, 0.6) is 0 Å². The monoisotopic (exact) mass is 292 g/mol. The van der Waals surface area contributed by atoms with E-state index in [4.69, 9.17) is 10.2 Å². The van der Waals surface area contributed by atoms with E-state index in [-0.39, 0.29) is 11.5 Å². The van der Waals surface area contributed by atoms with Gasteiger partial charge in [-0.25, -0.2) is 4.79 Å². The third kappa shape index (κ3) is 2.91. The number of aromatic carboxylic acids is 1. The standard InChI is InChI=1S/C14H16N2O3.CH4O/c1-16-6-9-5-15-13(17)11-4-8(14(18)19)2-3-10(11)12(9)7-16;1-2/h2-4,9,12H,5-7H2,1H3,(H,15,17)(H,18,19);2H,1H3/t9-,12-;/m1./s1. The van der Waals surface area contributed by atoms with Gasteiger partial charge in [0.05, 0.1) is 5.56 Å². The Kier molecular flexibility index (Phi) is 4.59. The average molecular weight is 292 g/mol. The van der Waals surface area contributed by atoms with Crippen LogP contribution in [0.2, 0.25) is 0 Å². The number of fused-ring (bicyclic) bond motifs is 3. The third-order valence-electron chi connectivity index (χ3n) is 4.09. The van der Waals surface area contributed by atoms with E-state index in [1.54, 1.807) is 12.1 Å². The van der Waals surface area contributed by atoms with Crippen molar-refractivity contribution >= 4 is 11.9 Å². The molecule has 1 aromatic carbocycles. The zero-order chi connectivity index (χ0) is 15.6. The summed E-state index contributed by atoms with van der Waals surface area (Å²) >= 11 is 0. The second-order valence-electron chi connectivity index (χ2n) is 5.40. The lowest BCUT2D eigenvalue weighted by molar-refractivity contribution is 0.0697. The Morgan fingerprint density at radius 2 is 2.05 bits per heavy atom. The van der Waals surface area contributed by atoms with E-state index < -0.39 is 5.97 Å². The molecule has 1 amide bonds. The molecule has 6 heteroatoms. The number of nitrogens with zero attached hydrogens (tertiary/aromatic N) is 1. The number of hydrogen-bond acceptors (Lipinski definition) is 4. The molecular weight excluding hydrogens is 272 g/mol. The second-order valence-corrected chi connectivity index (χ2v) is 5.40. The number of likely N-dealkylation sites (N-methyl/N-ethyl adjacent to an activating group) is 1. The Morgan fingerprint density at radius 3 is 2.71 bits per heavy atom. The SMILES string of the molecule is CN1C[C@H]2CNC(=O)c3cc(C(=O)O)ccc3[C@@H]2C1.CO. The number of carboxylic acids is 1. The fourth-order valence-corrected chi connectivity index (χ4v) is 3.17. The van der Waals surface area contributed by atoms with Crippen molar-refractivity contribution in [2.24, 2.45) is 5.92 Å². The average Bonchev–Trinajstić information content (AvgIpc) is 2.81. The zero-order valence-electron chi connectivity index (χ0n) is 12.2. The van der Waals surface area contributed by atoms with Crippen molar-refractivity contribution in [2.45, 2.75) is 5.92 Å². The van der Waals surface area contributed by atoms with Crippen molar-refractivity contribution in [3.05, 3.63) is 34.9 Å². The van der Waals surface area contributed by atoms with Crippen molar-refractivity contribution in [3.8, 4) is 0 Å². The predicted octanol–water partition coefficient (Wildman–Crippen LogP) is 0.382.